The van der Waals surface area contributed by atoms with Gasteiger partial charge in [0.25, 0.3) is 0 Å². The van der Waals surface area contributed by atoms with Crippen molar-refractivity contribution in [2.24, 2.45) is 0 Å². The summed E-state index contributed by atoms with van der Waals surface area (Å²) in [6, 6.07) is 0. The Morgan fingerprint density at radius 3 is 2.20 bits per heavy atom. The van der Waals surface area contributed by atoms with Crippen molar-refractivity contribution < 1.29 is 0 Å². The van der Waals surface area contributed by atoms with Gasteiger partial charge in [-0.1, -0.05) is 38.3 Å². The van der Waals surface area contributed by atoms with E-state index in [4.69, 9.17) is 0 Å². The van der Waals surface area contributed by atoms with Crippen molar-refractivity contribution in [1.29, 1.82) is 0 Å². The standard InChI is InChI=1S/C10H20/c1-4-7-9-10(6-3)8-5-2/h6H,4-5,7-9H2,1-3H3. The molecule has 0 aliphatic carbocycles. The predicted octanol–water partition coefficient (Wildman–Crippen LogP) is 3.92. The number of hydrogen-bond acceptors (Lipinski definition) is 0. The molecule has 0 aliphatic heterocycles. The van der Waals surface area contributed by atoms with E-state index >= 15 is 0 Å². The summed E-state index contributed by atoms with van der Waals surface area (Å²) in [6.45, 7) is 6.65. The van der Waals surface area contributed by atoms with Crippen LogP contribution in [0.25, 0.3) is 0 Å². The monoisotopic (exact) mass is 140 g/mol. The minimum atomic E-state index is 1.30. The third-order valence-corrected chi connectivity index (χ3v) is 1.83. The van der Waals surface area contributed by atoms with Crippen LogP contribution in [0.4, 0.5) is 0 Å². The average molecular weight is 140 g/mol. The Hall–Kier alpha value is -0.260. The van der Waals surface area contributed by atoms with Gasteiger partial charge in [0.2, 0.25) is 0 Å². The summed E-state index contributed by atoms with van der Waals surface area (Å²) in [5.74, 6) is 0. The fourth-order valence-corrected chi connectivity index (χ4v) is 1.14. The Morgan fingerprint density at radius 2 is 1.80 bits per heavy atom. The van der Waals surface area contributed by atoms with E-state index in [1.165, 1.54) is 32.1 Å². The van der Waals surface area contributed by atoms with Crippen molar-refractivity contribution >= 4 is 0 Å². The van der Waals surface area contributed by atoms with Crippen LogP contribution in [0.1, 0.15) is 52.9 Å². The molecule has 0 amide bonds. The molecule has 0 aromatic carbocycles. The van der Waals surface area contributed by atoms with Gasteiger partial charge in [-0.25, -0.2) is 0 Å². The summed E-state index contributed by atoms with van der Waals surface area (Å²) in [4.78, 5) is 0. The molecule has 0 radical (unpaired) electrons. The molecule has 0 rings (SSSR count). The van der Waals surface area contributed by atoms with Crippen LogP contribution in [-0.2, 0) is 0 Å². The van der Waals surface area contributed by atoms with Gasteiger partial charge in [-0.05, 0) is 26.2 Å². The Balaban J connectivity index is 3.41. The SMILES string of the molecule is CC=C(CCC)CCCC. The van der Waals surface area contributed by atoms with Gasteiger partial charge in [-0.15, -0.1) is 0 Å². The van der Waals surface area contributed by atoms with E-state index in [9.17, 15) is 0 Å². The maximum atomic E-state index is 2.28. The van der Waals surface area contributed by atoms with Crippen molar-refractivity contribution in [2.45, 2.75) is 52.9 Å². The van der Waals surface area contributed by atoms with E-state index < -0.39 is 0 Å². The minimum Gasteiger partial charge on any atom is -0.0885 e. The van der Waals surface area contributed by atoms with Gasteiger partial charge in [-0.3, -0.25) is 0 Å². The first-order valence-electron chi connectivity index (χ1n) is 4.49. The molecule has 0 unspecified atom stereocenters. The van der Waals surface area contributed by atoms with E-state index in [0.29, 0.717) is 0 Å². The molecular formula is C10H20. The van der Waals surface area contributed by atoms with E-state index in [0.717, 1.165) is 0 Å². The number of unbranched alkanes of at least 4 members (excludes halogenated alkanes) is 1. The first-order valence-corrected chi connectivity index (χ1v) is 4.49. The molecular weight excluding hydrogens is 120 g/mol. The van der Waals surface area contributed by atoms with Gasteiger partial charge in [-0.2, -0.15) is 0 Å². The summed E-state index contributed by atoms with van der Waals surface area (Å²) in [5, 5.41) is 0. The number of allylic oxidation sites excluding steroid dienone is 2. The second-order valence-electron chi connectivity index (χ2n) is 2.80. The third-order valence-electron chi connectivity index (χ3n) is 1.83. The zero-order chi connectivity index (χ0) is 7.82. The highest BCUT2D eigenvalue weighted by atomic mass is 14.0. The first kappa shape index (κ1) is 9.74. The lowest BCUT2D eigenvalue weighted by atomic mass is 10.0. The fourth-order valence-electron chi connectivity index (χ4n) is 1.14. The van der Waals surface area contributed by atoms with Crippen LogP contribution >= 0.6 is 0 Å². The molecule has 0 saturated heterocycles. The summed E-state index contributed by atoms with van der Waals surface area (Å²) < 4.78 is 0. The highest BCUT2D eigenvalue weighted by Gasteiger charge is 1.92. The molecule has 0 fully saturated rings. The molecule has 0 aliphatic rings. The van der Waals surface area contributed by atoms with Gasteiger partial charge in [0.15, 0.2) is 0 Å². The van der Waals surface area contributed by atoms with E-state index in [1.807, 2.05) is 0 Å². The van der Waals surface area contributed by atoms with Gasteiger partial charge in [0, 0.05) is 0 Å². The van der Waals surface area contributed by atoms with Crippen molar-refractivity contribution in [1.82, 2.24) is 0 Å². The average Bonchev–Trinajstić information content (AvgIpc) is 1.98. The van der Waals surface area contributed by atoms with Gasteiger partial charge < -0.3 is 0 Å². The van der Waals surface area contributed by atoms with Gasteiger partial charge >= 0.3 is 0 Å². The Morgan fingerprint density at radius 1 is 1.10 bits per heavy atom. The molecule has 0 atom stereocenters. The normalized spacial score (nSPS) is 12.1. The largest absolute Gasteiger partial charge is 0.0885 e. The highest BCUT2D eigenvalue weighted by molar-refractivity contribution is 4.99. The second kappa shape index (κ2) is 6.85. The molecule has 0 aromatic heterocycles. The van der Waals surface area contributed by atoms with Gasteiger partial charge in [0.05, 0.1) is 0 Å². The van der Waals surface area contributed by atoms with Crippen molar-refractivity contribution in [3.8, 4) is 0 Å². The molecule has 0 spiro atoms. The summed E-state index contributed by atoms with van der Waals surface area (Å²) in [6.07, 6.45) is 8.88. The topological polar surface area (TPSA) is 0 Å². The Labute approximate surface area is 65.3 Å². The molecule has 0 heteroatoms. The molecule has 60 valence electrons. The molecule has 0 heterocycles. The summed E-state index contributed by atoms with van der Waals surface area (Å²) in [7, 11) is 0. The zero-order valence-electron chi connectivity index (χ0n) is 7.61. The molecule has 0 nitrogen and oxygen atoms in total. The van der Waals surface area contributed by atoms with Crippen LogP contribution in [0.3, 0.4) is 0 Å². The van der Waals surface area contributed by atoms with E-state index in [2.05, 4.69) is 26.8 Å². The zero-order valence-corrected chi connectivity index (χ0v) is 7.61. The van der Waals surface area contributed by atoms with Crippen LogP contribution in [0, 0.1) is 0 Å². The van der Waals surface area contributed by atoms with Crippen LogP contribution < -0.4 is 0 Å². The molecule has 0 saturated carbocycles. The lowest BCUT2D eigenvalue weighted by Crippen LogP contribution is -1.82. The first-order chi connectivity index (χ1) is 4.85. The fraction of sp³-hybridized carbons (Fsp3) is 0.800. The predicted molar refractivity (Wildman–Crippen MR) is 48.2 cm³/mol. The van der Waals surface area contributed by atoms with Crippen LogP contribution in [0.2, 0.25) is 0 Å². The smallest absolute Gasteiger partial charge is 0.0321 e. The highest BCUT2D eigenvalue weighted by Crippen LogP contribution is 2.12. The summed E-state index contributed by atoms with van der Waals surface area (Å²) in [5.41, 5.74) is 1.64. The van der Waals surface area contributed by atoms with Crippen LogP contribution in [0.15, 0.2) is 11.6 Å². The Kier molecular flexibility index (Phi) is 6.68. The van der Waals surface area contributed by atoms with Crippen molar-refractivity contribution in [2.75, 3.05) is 0 Å². The third kappa shape index (κ3) is 4.60. The maximum absolute atomic E-state index is 2.28. The van der Waals surface area contributed by atoms with Crippen molar-refractivity contribution in [3.63, 3.8) is 0 Å². The summed E-state index contributed by atoms with van der Waals surface area (Å²) >= 11 is 0. The molecule has 10 heavy (non-hydrogen) atoms. The lowest BCUT2D eigenvalue weighted by molar-refractivity contribution is 0.741. The molecule has 0 aromatic rings. The minimum absolute atomic E-state index is 1.30. The molecule has 0 bridgehead atoms. The van der Waals surface area contributed by atoms with Gasteiger partial charge in [0.1, 0.15) is 0 Å². The number of rotatable bonds is 5. The second-order valence-corrected chi connectivity index (χ2v) is 2.80. The Bertz CT molecular complexity index is 90.2. The molecule has 0 N–H and O–H groups in total. The van der Waals surface area contributed by atoms with E-state index in [1.54, 1.807) is 5.57 Å². The lowest BCUT2D eigenvalue weighted by Gasteiger charge is -2.02. The maximum Gasteiger partial charge on any atom is -0.0321 e. The quantitative estimate of drug-likeness (QED) is 0.508. The number of hydrogen-bond donors (Lipinski definition) is 0. The van der Waals surface area contributed by atoms with E-state index in [-0.39, 0.29) is 0 Å². The van der Waals surface area contributed by atoms with Crippen LogP contribution in [0.5, 0.6) is 0 Å². The van der Waals surface area contributed by atoms with Crippen molar-refractivity contribution in [3.05, 3.63) is 11.6 Å². The van der Waals surface area contributed by atoms with Crippen LogP contribution in [-0.4, -0.2) is 0 Å².